The minimum absolute atomic E-state index is 0.105. The minimum Gasteiger partial charge on any atom is -0.477 e. The van der Waals surface area contributed by atoms with E-state index in [4.69, 9.17) is 37.9 Å². The summed E-state index contributed by atoms with van der Waals surface area (Å²) in [4.78, 5) is 37.8. The van der Waals surface area contributed by atoms with E-state index in [1.54, 1.807) is 0 Å². The summed E-state index contributed by atoms with van der Waals surface area (Å²) in [5.74, 6) is -14.9. The first-order chi connectivity index (χ1) is 33.5. The van der Waals surface area contributed by atoms with Crippen molar-refractivity contribution >= 4 is 17.9 Å². The van der Waals surface area contributed by atoms with Gasteiger partial charge in [-0.15, -0.1) is 0 Å². The molecule has 4 saturated heterocycles. The smallest absolute Gasteiger partial charge is 0.364 e. The third kappa shape index (κ3) is 15.6. The van der Waals surface area contributed by atoms with Crippen molar-refractivity contribution in [2.45, 2.75) is 225 Å². The van der Waals surface area contributed by atoms with Gasteiger partial charge >= 0.3 is 17.9 Å². The van der Waals surface area contributed by atoms with Crippen LogP contribution >= 0.6 is 0 Å². The molecule has 27 heteroatoms. The molecule has 0 aromatic carbocycles. The summed E-state index contributed by atoms with van der Waals surface area (Å²) in [6.07, 6.45) is -23.7. The Kier molecular flexibility index (Phi) is 24.0. The van der Waals surface area contributed by atoms with Gasteiger partial charge in [0.05, 0.1) is 44.7 Å². The Morgan fingerprint density at radius 2 is 0.873 bits per heavy atom. The van der Waals surface area contributed by atoms with Gasteiger partial charge in [-0.2, -0.15) is 0 Å². The fourth-order valence-electron chi connectivity index (χ4n) is 8.94. The summed E-state index contributed by atoms with van der Waals surface area (Å²) in [5.41, 5.74) is 0. The second kappa shape index (κ2) is 27.9. The third-order valence-corrected chi connectivity index (χ3v) is 13.3. The topological polar surface area (TPSA) is 449 Å². The maximum Gasteiger partial charge on any atom is 0.364 e. The Labute approximate surface area is 409 Å². The quantitative estimate of drug-likeness (QED) is 0.0302. The molecule has 0 unspecified atom stereocenters. The number of unbranched alkanes of at least 4 members (excludes halogenated alkanes) is 11. The van der Waals surface area contributed by atoms with Crippen molar-refractivity contribution in [3.05, 3.63) is 0 Å². The van der Waals surface area contributed by atoms with Gasteiger partial charge in [-0.1, -0.05) is 77.6 Å². The van der Waals surface area contributed by atoms with E-state index in [0.29, 0.717) is 6.42 Å². The Hall–Kier alpha value is -2.43. The van der Waals surface area contributed by atoms with Crippen LogP contribution in [0.4, 0.5) is 0 Å². The largest absolute Gasteiger partial charge is 0.477 e. The molecule has 414 valence electrons. The lowest BCUT2D eigenvalue weighted by Gasteiger charge is -2.47. The Morgan fingerprint density at radius 1 is 0.507 bits per heavy atom. The molecule has 0 amide bonds. The Bertz CT molecular complexity index is 1630. The van der Waals surface area contributed by atoms with Crippen molar-refractivity contribution in [2.75, 3.05) is 33.0 Å². The molecular formula is C44H76O27. The first-order valence-corrected chi connectivity index (χ1v) is 24.2. The summed E-state index contributed by atoms with van der Waals surface area (Å²) in [6.45, 7) is -2.20. The summed E-state index contributed by atoms with van der Waals surface area (Å²) >= 11 is 0. The summed E-state index contributed by atoms with van der Waals surface area (Å²) in [7, 11) is 0. The molecule has 20 atom stereocenters. The standard InChI is InChI=1S/C44H76O27/c1-2-3-4-5-6-7-8-9-10-11-12-13-14-64-38-34(57)33(56)32(55)28(68-38)21-67-44(41(62)63)17-24(48)31(54)37(71-44)27(51)20-66-43(40(60)61)16-23(47)30(53)36(70-43)26(50)19-65-42(39(58)59)15-22(46)29(52)35(69-42)25(49)18-45/h22-38,45-57H,2-21H2,1H3,(H,58,59)(H,60,61)(H,62,63)/t22-,23-,24-,25-,26-,27-,28-,29-,30-,31-,32-,33+,34-,35-,36-,37-,38-,42-,43-,44-/m1/s1. The molecule has 0 aromatic heterocycles. The molecule has 4 rings (SSSR count). The van der Waals surface area contributed by atoms with Crippen LogP contribution in [0, 0.1) is 0 Å². The molecule has 0 aliphatic carbocycles. The number of aliphatic hydroxyl groups excluding tert-OH is 13. The van der Waals surface area contributed by atoms with Crippen LogP contribution in [0.3, 0.4) is 0 Å². The van der Waals surface area contributed by atoms with Gasteiger partial charge in [-0.3, -0.25) is 0 Å². The molecule has 4 fully saturated rings. The number of ether oxygens (including phenoxy) is 8. The molecule has 4 aliphatic rings. The zero-order valence-electron chi connectivity index (χ0n) is 39.6. The van der Waals surface area contributed by atoms with Crippen molar-refractivity contribution in [1.29, 1.82) is 0 Å². The predicted molar refractivity (Wildman–Crippen MR) is 232 cm³/mol. The van der Waals surface area contributed by atoms with E-state index >= 15 is 0 Å². The zero-order valence-corrected chi connectivity index (χ0v) is 39.6. The highest BCUT2D eigenvalue weighted by Crippen LogP contribution is 2.38. The molecular weight excluding hydrogens is 960 g/mol. The number of carboxylic acids is 3. The molecule has 4 heterocycles. The molecule has 0 aromatic rings. The Morgan fingerprint density at radius 3 is 1.25 bits per heavy atom. The van der Waals surface area contributed by atoms with Gasteiger partial charge in [0, 0.05) is 25.9 Å². The fraction of sp³-hybridized carbons (Fsp3) is 0.932. The third-order valence-electron chi connectivity index (χ3n) is 13.3. The van der Waals surface area contributed by atoms with Gasteiger partial charge in [0.2, 0.25) is 0 Å². The van der Waals surface area contributed by atoms with Crippen LogP contribution in [0.1, 0.15) is 103 Å². The summed E-state index contributed by atoms with van der Waals surface area (Å²) < 4.78 is 43.7. The van der Waals surface area contributed by atoms with E-state index in [1.165, 1.54) is 38.5 Å². The Balaban J connectivity index is 1.37. The van der Waals surface area contributed by atoms with Crippen LogP contribution in [-0.2, 0) is 52.3 Å². The van der Waals surface area contributed by atoms with Crippen LogP contribution in [0.5, 0.6) is 0 Å². The second-order valence-electron chi connectivity index (χ2n) is 18.8. The zero-order chi connectivity index (χ0) is 52.8. The summed E-state index contributed by atoms with van der Waals surface area (Å²) in [6, 6.07) is 0. The maximum atomic E-state index is 12.8. The van der Waals surface area contributed by atoms with Crippen LogP contribution < -0.4 is 0 Å². The second-order valence-corrected chi connectivity index (χ2v) is 18.8. The van der Waals surface area contributed by atoms with Crippen LogP contribution in [0.2, 0.25) is 0 Å². The van der Waals surface area contributed by atoms with Crippen LogP contribution in [-0.4, -0.2) is 254 Å². The highest BCUT2D eigenvalue weighted by Gasteiger charge is 2.59. The van der Waals surface area contributed by atoms with E-state index in [0.717, 1.165) is 32.1 Å². The molecule has 0 spiro atoms. The minimum atomic E-state index is -3.10. The number of rotatable bonds is 30. The normalized spacial score (nSPS) is 39.1. The number of aliphatic carboxylic acids is 3. The lowest BCUT2D eigenvalue weighted by atomic mass is 9.91. The van der Waals surface area contributed by atoms with Gasteiger partial charge in [-0.05, 0) is 6.42 Å². The number of carbonyl (C=O) groups is 3. The first-order valence-electron chi connectivity index (χ1n) is 24.2. The van der Waals surface area contributed by atoms with Crippen LogP contribution in [0.15, 0.2) is 0 Å². The molecule has 27 nitrogen and oxygen atoms in total. The van der Waals surface area contributed by atoms with E-state index in [1.807, 2.05) is 0 Å². The molecule has 71 heavy (non-hydrogen) atoms. The molecule has 0 bridgehead atoms. The van der Waals surface area contributed by atoms with Crippen molar-refractivity contribution < 1.29 is 134 Å². The lowest BCUT2D eigenvalue weighted by molar-refractivity contribution is -0.355. The average Bonchev–Trinajstić information content (AvgIpc) is 3.33. The highest BCUT2D eigenvalue weighted by molar-refractivity contribution is 5.77. The molecule has 16 N–H and O–H groups in total. The number of hydrogen-bond donors (Lipinski definition) is 16. The predicted octanol–water partition coefficient (Wildman–Crippen LogP) is -4.49. The van der Waals surface area contributed by atoms with Crippen molar-refractivity contribution in [2.24, 2.45) is 0 Å². The van der Waals surface area contributed by atoms with Gasteiger partial charge in [-0.25, -0.2) is 14.4 Å². The van der Waals surface area contributed by atoms with Crippen molar-refractivity contribution in [3.63, 3.8) is 0 Å². The van der Waals surface area contributed by atoms with Gasteiger partial charge in [0.15, 0.2) is 6.29 Å². The average molecular weight is 1040 g/mol. The molecule has 4 aliphatic heterocycles. The van der Waals surface area contributed by atoms with Crippen LogP contribution in [0.25, 0.3) is 0 Å². The number of aliphatic hydroxyl groups is 13. The van der Waals surface area contributed by atoms with Gasteiger partial charge in [0.25, 0.3) is 17.4 Å². The molecule has 0 saturated carbocycles. The van der Waals surface area contributed by atoms with E-state index in [2.05, 4.69) is 6.92 Å². The van der Waals surface area contributed by atoms with Crippen molar-refractivity contribution in [3.8, 4) is 0 Å². The lowest BCUT2D eigenvalue weighted by Crippen LogP contribution is -2.66. The number of hydrogen-bond acceptors (Lipinski definition) is 24. The van der Waals surface area contributed by atoms with Gasteiger partial charge < -0.3 is 120 Å². The highest BCUT2D eigenvalue weighted by atomic mass is 16.8. The monoisotopic (exact) mass is 1040 g/mol. The SMILES string of the molecule is CCCCCCCCCCCCCCO[C@@H]1O[C@H](CO[C@]2(C(=O)O)C[C@@H](O)[C@@H](O)[C@@H]([C@H](O)CO[C@]3(C(=O)O)C[C@@H](O)[C@@H](O)[C@@H]([C@H](O)CO[C@]4(C(=O)O)C[C@@H](O)[C@@H](O)[C@@H]([C@H](O)CO)O4)O3)O2)[C@@H](O)[C@H](O)[C@H]1O. The number of carboxylic acid groups (broad SMARTS) is 3. The summed E-state index contributed by atoms with van der Waals surface area (Å²) in [5, 5.41) is 168. The van der Waals surface area contributed by atoms with E-state index in [-0.39, 0.29) is 6.61 Å². The first kappa shape index (κ1) is 61.1. The van der Waals surface area contributed by atoms with Crippen molar-refractivity contribution in [1.82, 2.24) is 0 Å². The fourth-order valence-corrected chi connectivity index (χ4v) is 8.94. The van der Waals surface area contributed by atoms with E-state index < -0.39 is 185 Å². The van der Waals surface area contributed by atoms with E-state index in [9.17, 15) is 96.1 Å². The molecule has 0 radical (unpaired) electrons. The van der Waals surface area contributed by atoms with Gasteiger partial charge in [0.1, 0.15) is 79.4 Å². The maximum absolute atomic E-state index is 12.8.